The van der Waals surface area contributed by atoms with Crippen LogP contribution in [0.3, 0.4) is 0 Å². The molecule has 17 heavy (non-hydrogen) atoms. The maximum Gasteiger partial charge on any atom is 0.326 e. The van der Waals surface area contributed by atoms with Gasteiger partial charge in [0.25, 0.3) is 0 Å². The molecule has 9 heteroatoms. The number of hydrogen-bond acceptors (Lipinski definition) is 5. The lowest BCUT2D eigenvalue weighted by molar-refractivity contribution is -0.140. The average Bonchev–Trinajstić information content (AvgIpc) is 2.20. The van der Waals surface area contributed by atoms with Crippen LogP contribution in [-0.2, 0) is 9.59 Å². The van der Waals surface area contributed by atoms with Crippen molar-refractivity contribution >= 4 is 18.0 Å². The molecule has 0 saturated heterocycles. The smallest absolute Gasteiger partial charge is 0.326 e. The molecule has 0 bridgehead atoms. The van der Waals surface area contributed by atoms with Gasteiger partial charge in [-0.2, -0.15) is 0 Å². The number of nitrogens with one attached hydrogen (secondary N) is 2. The highest BCUT2D eigenvalue weighted by atomic mass is 16.5. The fraction of sp³-hybridized carbons (Fsp3) is 0.625. The summed E-state index contributed by atoms with van der Waals surface area (Å²) in [5.74, 6) is -2.55. The van der Waals surface area contributed by atoms with Crippen LogP contribution in [0.5, 0.6) is 0 Å². The standard InChI is InChI=1S/C8H14N2O7/c11-5(12)2-1-4(7(15)16)10-8(17)9-3-6(13)14/h4,6,13-14H,1-3H2,(H,11,12)(H,15,16)(H2,9,10,17)/t4-/m0/s1. The third-order valence-electron chi connectivity index (χ3n) is 1.70. The molecule has 0 radical (unpaired) electrons. The van der Waals surface area contributed by atoms with Crippen molar-refractivity contribution in [3.8, 4) is 0 Å². The molecule has 1 atom stereocenters. The Kier molecular flexibility index (Phi) is 6.60. The molecular weight excluding hydrogens is 236 g/mol. The van der Waals surface area contributed by atoms with Crippen molar-refractivity contribution in [1.82, 2.24) is 10.6 Å². The molecule has 0 heterocycles. The van der Waals surface area contributed by atoms with E-state index < -0.39 is 43.3 Å². The first-order valence-electron chi connectivity index (χ1n) is 4.68. The number of carboxylic acid groups (broad SMARTS) is 2. The number of carboxylic acids is 2. The minimum atomic E-state index is -1.75. The summed E-state index contributed by atoms with van der Waals surface area (Å²) < 4.78 is 0. The average molecular weight is 250 g/mol. The normalized spacial score (nSPS) is 11.9. The van der Waals surface area contributed by atoms with Crippen molar-refractivity contribution in [3.63, 3.8) is 0 Å². The van der Waals surface area contributed by atoms with Crippen molar-refractivity contribution in [1.29, 1.82) is 0 Å². The van der Waals surface area contributed by atoms with Crippen molar-refractivity contribution in [2.24, 2.45) is 0 Å². The minimum Gasteiger partial charge on any atom is -0.481 e. The number of carbonyl (C=O) groups excluding carboxylic acids is 1. The highest BCUT2D eigenvalue weighted by molar-refractivity contribution is 5.82. The van der Waals surface area contributed by atoms with Gasteiger partial charge >= 0.3 is 18.0 Å². The van der Waals surface area contributed by atoms with Gasteiger partial charge in [0.05, 0.1) is 6.54 Å². The molecule has 0 spiro atoms. The second-order valence-corrected chi connectivity index (χ2v) is 3.16. The topological polar surface area (TPSA) is 156 Å². The third-order valence-corrected chi connectivity index (χ3v) is 1.70. The summed E-state index contributed by atoms with van der Waals surface area (Å²) in [5, 5.41) is 37.9. The van der Waals surface area contributed by atoms with Crippen molar-refractivity contribution in [3.05, 3.63) is 0 Å². The molecule has 0 aromatic carbocycles. The molecule has 0 saturated carbocycles. The molecule has 0 aromatic heterocycles. The lowest BCUT2D eigenvalue weighted by atomic mass is 10.1. The third kappa shape index (κ3) is 7.99. The predicted molar refractivity (Wildman–Crippen MR) is 53.1 cm³/mol. The van der Waals surface area contributed by atoms with E-state index in [1.807, 2.05) is 10.6 Å². The number of amides is 2. The number of aliphatic hydroxyl groups is 2. The molecule has 0 rings (SSSR count). The zero-order valence-corrected chi connectivity index (χ0v) is 8.79. The predicted octanol–water partition coefficient (Wildman–Crippen LogP) is -2.09. The van der Waals surface area contributed by atoms with Gasteiger partial charge in [-0.15, -0.1) is 0 Å². The number of aliphatic hydroxyl groups excluding tert-OH is 1. The molecule has 9 nitrogen and oxygen atoms in total. The van der Waals surface area contributed by atoms with Crippen LogP contribution in [0.15, 0.2) is 0 Å². The van der Waals surface area contributed by atoms with Gasteiger partial charge in [-0.25, -0.2) is 9.59 Å². The largest absolute Gasteiger partial charge is 0.481 e. The van der Waals surface area contributed by atoms with Crippen LogP contribution in [0.25, 0.3) is 0 Å². The monoisotopic (exact) mass is 250 g/mol. The summed E-state index contributed by atoms with van der Waals surface area (Å²) in [7, 11) is 0. The Labute approximate surface area is 96.1 Å². The van der Waals surface area contributed by atoms with E-state index in [0.29, 0.717) is 0 Å². The van der Waals surface area contributed by atoms with E-state index >= 15 is 0 Å². The molecule has 0 aliphatic heterocycles. The van der Waals surface area contributed by atoms with Gasteiger partial charge < -0.3 is 31.1 Å². The number of urea groups is 1. The number of hydrogen-bond donors (Lipinski definition) is 6. The van der Waals surface area contributed by atoms with E-state index in [9.17, 15) is 14.4 Å². The summed E-state index contributed by atoms with van der Waals surface area (Å²) in [4.78, 5) is 31.9. The van der Waals surface area contributed by atoms with Crippen molar-refractivity contribution < 1.29 is 34.8 Å². The molecule has 0 aliphatic carbocycles. The summed E-state index contributed by atoms with van der Waals surface area (Å²) in [6, 6.07) is -2.27. The molecule has 0 aliphatic rings. The van der Waals surface area contributed by atoms with E-state index in [0.717, 1.165) is 0 Å². The van der Waals surface area contributed by atoms with Crippen molar-refractivity contribution in [2.45, 2.75) is 25.2 Å². The van der Waals surface area contributed by atoms with Crippen LogP contribution < -0.4 is 10.6 Å². The van der Waals surface area contributed by atoms with E-state index in [-0.39, 0.29) is 6.42 Å². The Morgan fingerprint density at radius 1 is 1.12 bits per heavy atom. The molecule has 0 fully saturated rings. The maximum absolute atomic E-state index is 11.1. The lowest BCUT2D eigenvalue weighted by Crippen LogP contribution is -2.47. The van der Waals surface area contributed by atoms with Crippen LogP contribution >= 0.6 is 0 Å². The molecule has 98 valence electrons. The summed E-state index contributed by atoms with van der Waals surface area (Å²) in [6.45, 7) is -0.461. The number of rotatable bonds is 7. The fourth-order valence-corrected chi connectivity index (χ4v) is 0.918. The Balaban J connectivity index is 4.11. The highest BCUT2D eigenvalue weighted by Crippen LogP contribution is 1.97. The van der Waals surface area contributed by atoms with Gasteiger partial charge in [-0.3, -0.25) is 4.79 Å². The van der Waals surface area contributed by atoms with E-state index in [1.54, 1.807) is 0 Å². The van der Waals surface area contributed by atoms with Gasteiger partial charge in [0, 0.05) is 6.42 Å². The Bertz CT molecular complexity index is 292. The maximum atomic E-state index is 11.1. The molecule has 2 amide bonds. The van der Waals surface area contributed by atoms with E-state index in [2.05, 4.69) is 0 Å². The summed E-state index contributed by atoms with van der Waals surface area (Å²) in [6.07, 6.45) is -2.41. The lowest BCUT2D eigenvalue weighted by Gasteiger charge is -2.14. The van der Waals surface area contributed by atoms with Crippen LogP contribution in [0, 0.1) is 0 Å². The van der Waals surface area contributed by atoms with Crippen molar-refractivity contribution in [2.75, 3.05) is 6.54 Å². The second-order valence-electron chi connectivity index (χ2n) is 3.16. The van der Waals surface area contributed by atoms with Gasteiger partial charge in [-0.05, 0) is 6.42 Å². The van der Waals surface area contributed by atoms with E-state index in [4.69, 9.17) is 20.4 Å². The van der Waals surface area contributed by atoms with Gasteiger partial charge in [-0.1, -0.05) is 0 Å². The summed E-state index contributed by atoms with van der Waals surface area (Å²) in [5.41, 5.74) is 0. The van der Waals surface area contributed by atoms with Crippen LogP contribution in [-0.4, -0.2) is 57.3 Å². The summed E-state index contributed by atoms with van der Waals surface area (Å²) >= 11 is 0. The van der Waals surface area contributed by atoms with Gasteiger partial charge in [0.15, 0.2) is 6.29 Å². The zero-order chi connectivity index (χ0) is 13.4. The molecular formula is C8H14N2O7. The Morgan fingerprint density at radius 3 is 2.12 bits per heavy atom. The number of aliphatic carboxylic acids is 2. The van der Waals surface area contributed by atoms with Gasteiger partial charge in [0.2, 0.25) is 0 Å². The van der Waals surface area contributed by atoms with E-state index in [1.165, 1.54) is 0 Å². The Hall–Kier alpha value is -1.87. The highest BCUT2D eigenvalue weighted by Gasteiger charge is 2.20. The molecule has 0 unspecified atom stereocenters. The second kappa shape index (κ2) is 7.41. The molecule has 6 N–H and O–H groups in total. The SMILES string of the molecule is O=C(O)CC[C@H](NC(=O)NCC(O)O)C(=O)O. The fourth-order valence-electron chi connectivity index (χ4n) is 0.918. The van der Waals surface area contributed by atoms with Crippen LogP contribution in [0.1, 0.15) is 12.8 Å². The first-order chi connectivity index (χ1) is 7.82. The van der Waals surface area contributed by atoms with Crippen LogP contribution in [0.4, 0.5) is 4.79 Å². The first kappa shape index (κ1) is 15.1. The minimum absolute atomic E-state index is 0.264. The van der Waals surface area contributed by atoms with Crippen LogP contribution in [0.2, 0.25) is 0 Å². The quantitative estimate of drug-likeness (QED) is 0.283. The van der Waals surface area contributed by atoms with Gasteiger partial charge in [0.1, 0.15) is 6.04 Å². The Morgan fingerprint density at radius 2 is 1.71 bits per heavy atom. The molecule has 0 aromatic rings. The zero-order valence-electron chi connectivity index (χ0n) is 8.79. The number of carbonyl (C=O) groups is 3. The first-order valence-corrected chi connectivity index (χ1v) is 4.68.